The zero-order chi connectivity index (χ0) is 17.0. The minimum absolute atomic E-state index is 0.00537. The lowest BCUT2D eigenvalue weighted by atomic mass is 10.2. The third-order valence-corrected chi connectivity index (χ3v) is 3.10. The first kappa shape index (κ1) is 16.9. The van der Waals surface area contributed by atoms with E-state index in [9.17, 15) is 18.4 Å². The van der Waals surface area contributed by atoms with E-state index in [0.717, 1.165) is 16.5 Å². The van der Waals surface area contributed by atoms with Crippen LogP contribution in [0.25, 0.3) is 0 Å². The Kier molecular flexibility index (Phi) is 5.28. The van der Waals surface area contributed by atoms with E-state index in [0.29, 0.717) is 5.69 Å². The number of benzene rings is 1. The van der Waals surface area contributed by atoms with Crippen LogP contribution in [0.15, 0.2) is 30.0 Å². The highest BCUT2D eigenvalue weighted by atomic mass is 19.3. The summed E-state index contributed by atoms with van der Waals surface area (Å²) in [6.07, 6.45) is -1.54. The Balaban J connectivity index is 2.18. The number of carbonyl (C=O) groups excluding carboxylic acids is 2. The van der Waals surface area contributed by atoms with Gasteiger partial charge in [0.1, 0.15) is 18.1 Å². The SMILES string of the molecule is Cc1ccc(NC2=CC(=O)N(CCO)C2=O)c(OCC(F)F)c1. The monoisotopic (exact) mass is 326 g/mol. The summed E-state index contributed by atoms with van der Waals surface area (Å²) in [4.78, 5) is 24.6. The molecule has 0 aromatic heterocycles. The van der Waals surface area contributed by atoms with Gasteiger partial charge in [0, 0.05) is 6.08 Å². The van der Waals surface area contributed by atoms with Gasteiger partial charge in [0.25, 0.3) is 18.2 Å². The van der Waals surface area contributed by atoms with Gasteiger partial charge < -0.3 is 15.2 Å². The third kappa shape index (κ3) is 4.04. The summed E-state index contributed by atoms with van der Waals surface area (Å²) in [6, 6.07) is 4.84. The molecule has 2 rings (SSSR count). The lowest BCUT2D eigenvalue weighted by Crippen LogP contribution is -2.34. The second-order valence-corrected chi connectivity index (χ2v) is 4.90. The van der Waals surface area contributed by atoms with Gasteiger partial charge in [-0.1, -0.05) is 6.07 Å². The minimum Gasteiger partial charge on any atom is -0.485 e. The predicted octanol–water partition coefficient (Wildman–Crippen LogP) is 1.30. The van der Waals surface area contributed by atoms with Crippen molar-refractivity contribution >= 4 is 17.5 Å². The van der Waals surface area contributed by atoms with Crippen LogP contribution in [0.3, 0.4) is 0 Å². The van der Waals surface area contributed by atoms with Gasteiger partial charge in [0.05, 0.1) is 18.8 Å². The van der Waals surface area contributed by atoms with Gasteiger partial charge in [-0.25, -0.2) is 8.78 Å². The molecule has 0 atom stereocenters. The van der Waals surface area contributed by atoms with E-state index in [-0.39, 0.29) is 24.6 Å². The second kappa shape index (κ2) is 7.19. The fourth-order valence-electron chi connectivity index (χ4n) is 2.06. The summed E-state index contributed by atoms with van der Waals surface area (Å²) in [7, 11) is 0. The number of hydrogen-bond donors (Lipinski definition) is 2. The molecule has 0 saturated heterocycles. The number of halogens is 2. The minimum atomic E-state index is -2.63. The van der Waals surface area contributed by atoms with Gasteiger partial charge in [-0.05, 0) is 24.6 Å². The maximum Gasteiger partial charge on any atom is 0.277 e. The summed E-state index contributed by atoms with van der Waals surface area (Å²) in [6.45, 7) is 0.542. The van der Waals surface area contributed by atoms with E-state index < -0.39 is 24.8 Å². The van der Waals surface area contributed by atoms with E-state index in [1.54, 1.807) is 25.1 Å². The number of alkyl halides is 2. The van der Waals surface area contributed by atoms with Crippen molar-refractivity contribution in [3.8, 4) is 5.75 Å². The van der Waals surface area contributed by atoms with E-state index in [1.165, 1.54) is 0 Å². The van der Waals surface area contributed by atoms with Crippen LogP contribution in [0.5, 0.6) is 5.75 Å². The van der Waals surface area contributed by atoms with Crippen molar-refractivity contribution in [2.24, 2.45) is 0 Å². The fourth-order valence-corrected chi connectivity index (χ4v) is 2.06. The zero-order valence-corrected chi connectivity index (χ0v) is 12.4. The van der Waals surface area contributed by atoms with Gasteiger partial charge in [0.15, 0.2) is 0 Å². The number of amides is 2. The summed E-state index contributed by atoms with van der Waals surface area (Å²) in [5, 5.41) is 11.6. The molecule has 6 nitrogen and oxygen atoms in total. The van der Waals surface area contributed by atoms with Crippen molar-refractivity contribution in [3.05, 3.63) is 35.5 Å². The average molecular weight is 326 g/mol. The van der Waals surface area contributed by atoms with Crippen molar-refractivity contribution in [3.63, 3.8) is 0 Å². The van der Waals surface area contributed by atoms with Crippen LogP contribution in [0.4, 0.5) is 14.5 Å². The molecule has 8 heteroatoms. The van der Waals surface area contributed by atoms with Crippen molar-refractivity contribution < 1.29 is 28.2 Å². The molecule has 1 heterocycles. The number of nitrogens with one attached hydrogen (secondary N) is 1. The molecule has 1 aliphatic heterocycles. The smallest absolute Gasteiger partial charge is 0.277 e. The van der Waals surface area contributed by atoms with Crippen LogP contribution < -0.4 is 10.1 Å². The van der Waals surface area contributed by atoms with Crippen molar-refractivity contribution in [2.75, 3.05) is 25.1 Å². The number of nitrogens with zero attached hydrogens (tertiary/aromatic N) is 1. The molecule has 0 unspecified atom stereocenters. The van der Waals surface area contributed by atoms with Crippen LogP contribution in [0.2, 0.25) is 0 Å². The van der Waals surface area contributed by atoms with E-state index in [4.69, 9.17) is 9.84 Å². The van der Waals surface area contributed by atoms with Crippen molar-refractivity contribution in [1.29, 1.82) is 0 Å². The highest BCUT2D eigenvalue weighted by Gasteiger charge is 2.31. The number of β-amino-alcohol motifs (C(OH)–C–C–N with tert-alkyl or cyclic N) is 1. The molecular formula is C15H16F2N2O4. The number of imide groups is 1. The van der Waals surface area contributed by atoms with Gasteiger partial charge in [-0.15, -0.1) is 0 Å². The third-order valence-electron chi connectivity index (χ3n) is 3.10. The van der Waals surface area contributed by atoms with Crippen molar-refractivity contribution in [1.82, 2.24) is 4.90 Å². The lowest BCUT2D eigenvalue weighted by molar-refractivity contribution is -0.137. The number of aryl methyl sites for hydroxylation is 1. The number of hydrogen-bond acceptors (Lipinski definition) is 5. The molecule has 0 bridgehead atoms. The predicted molar refractivity (Wildman–Crippen MR) is 78.2 cm³/mol. The molecule has 23 heavy (non-hydrogen) atoms. The molecule has 0 aliphatic carbocycles. The van der Waals surface area contributed by atoms with Gasteiger partial charge in [-0.2, -0.15) is 0 Å². The number of aliphatic hydroxyl groups excluding tert-OH is 1. The molecule has 1 aromatic carbocycles. The number of anilines is 1. The van der Waals surface area contributed by atoms with Gasteiger partial charge in [-0.3, -0.25) is 14.5 Å². The topological polar surface area (TPSA) is 78.9 Å². The van der Waals surface area contributed by atoms with Crippen LogP contribution in [-0.2, 0) is 9.59 Å². The Hall–Kier alpha value is -2.48. The van der Waals surface area contributed by atoms with E-state index in [2.05, 4.69) is 5.32 Å². The Morgan fingerprint density at radius 2 is 2.09 bits per heavy atom. The molecule has 0 saturated carbocycles. The first-order valence-electron chi connectivity index (χ1n) is 6.89. The molecular weight excluding hydrogens is 310 g/mol. The number of aliphatic hydroxyl groups is 1. The Bertz CT molecular complexity index is 646. The quantitative estimate of drug-likeness (QED) is 0.738. The molecule has 1 aromatic rings. The summed E-state index contributed by atoms with van der Waals surface area (Å²) in [5.41, 5.74) is 1.09. The van der Waals surface area contributed by atoms with Crippen molar-refractivity contribution in [2.45, 2.75) is 13.3 Å². The maximum atomic E-state index is 12.3. The fraction of sp³-hybridized carbons (Fsp3) is 0.333. The first-order valence-corrected chi connectivity index (χ1v) is 6.89. The van der Waals surface area contributed by atoms with E-state index >= 15 is 0 Å². The normalized spacial score (nSPS) is 14.5. The molecule has 2 amide bonds. The lowest BCUT2D eigenvalue weighted by Gasteiger charge is -2.16. The molecule has 2 N–H and O–H groups in total. The summed E-state index contributed by atoms with van der Waals surface area (Å²) >= 11 is 0. The molecule has 0 fully saturated rings. The number of ether oxygens (including phenoxy) is 1. The first-order chi connectivity index (χ1) is 10.9. The highest BCUT2D eigenvalue weighted by Crippen LogP contribution is 2.28. The van der Waals surface area contributed by atoms with Crippen LogP contribution in [0.1, 0.15) is 5.56 Å². The van der Waals surface area contributed by atoms with Gasteiger partial charge in [0.2, 0.25) is 0 Å². The molecule has 0 spiro atoms. The number of carbonyl (C=O) groups is 2. The Morgan fingerprint density at radius 1 is 1.35 bits per heavy atom. The summed E-state index contributed by atoms with van der Waals surface area (Å²) < 4.78 is 29.7. The molecule has 0 radical (unpaired) electrons. The van der Waals surface area contributed by atoms with E-state index in [1.807, 2.05) is 0 Å². The molecule has 1 aliphatic rings. The Labute approximate surface area is 131 Å². The number of rotatable bonds is 7. The average Bonchev–Trinajstić information content (AvgIpc) is 2.75. The van der Waals surface area contributed by atoms with Crippen LogP contribution >= 0.6 is 0 Å². The Morgan fingerprint density at radius 3 is 2.74 bits per heavy atom. The maximum absolute atomic E-state index is 12.3. The molecule has 124 valence electrons. The largest absolute Gasteiger partial charge is 0.485 e. The van der Waals surface area contributed by atoms with Crippen LogP contribution in [-0.4, -0.2) is 48.0 Å². The van der Waals surface area contributed by atoms with Crippen LogP contribution in [0, 0.1) is 6.92 Å². The zero-order valence-electron chi connectivity index (χ0n) is 12.4. The summed E-state index contributed by atoms with van der Waals surface area (Å²) in [5.74, 6) is -0.981. The second-order valence-electron chi connectivity index (χ2n) is 4.90. The van der Waals surface area contributed by atoms with Gasteiger partial charge >= 0.3 is 0 Å². The standard InChI is InChI=1S/C15H16F2N2O4/c1-9-2-3-10(12(6-9)23-8-13(16)17)18-11-7-14(21)19(4-5-20)15(11)22/h2-3,6-7,13,18,20H,4-5,8H2,1H3. The highest BCUT2D eigenvalue weighted by molar-refractivity contribution is 6.17.